The Labute approximate surface area is 166 Å². The third-order valence-corrected chi connectivity index (χ3v) is 5.17. The zero-order valence-electron chi connectivity index (χ0n) is 16.0. The number of hydrogen-bond acceptors (Lipinski definition) is 5. The second-order valence-electron chi connectivity index (χ2n) is 7.20. The molecule has 1 amide bonds. The van der Waals surface area contributed by atoms with Gasteiger partial charge in [-0.15, -0.1) is 11.6 Å². The first-order valence-electron chi connectivity index (χ1n) is 9.37. The Morgan fingerprint density at radius 1 is 1.22 bits per heavy atom. The van der Waals surface area contributed by atoms with Crippen molar-refractivity contribution in [1.82, 2.24) is 4.90 Å². The van der Waals surface area contributed by atoms with E-state index in [4.69, 9.17) is 21.1 Å². The van der Waals surface area contributed by atoms with Gasteiger partial charge in [-0.1, -0.05) is 30.3 Å². The maximum atomic E-state index is 12.3. The first kappa shape index (κ1) is 22.1. The summed E-state index contributed by atoms with van der Waals surface area (Å²) in [5, 5.41) is 19.7. The number of ether oxygens (including phenoxy) is 2. The lowest BCUT2D eigenvalue weighted by Crippen LogP contribution is -2.47. The normalized spacial score (nSPS) is 29.0. The molecular weight excluding hydrogens is 370 g/mol. The zero-order valence-corrected chi connectivity index (χ0v) is 16.7. The van der Waals surface area contributed by atoms with Gasteiger partial charge in [0.05, 0.1) is 30.3 Å². The zero-order chi connectivity index (χ0) is 19.8. The van der Waals surface area contributed by atoms with E-state index in [1.165, 1.54) is 4.90 Å². The van der Waals surface area contributed by atoms with E-state index in [1.807, 2.05) is 30.3 Å². The van der Waals surface area contributed by atoms with E-state index in [2.05, 4.69) is 0 Å². The predicted molar refractivity (Wildman–Crippen MR) is 104 cm³/mol. The first-order valence-corrected chi connectivity index (χ1v) is 9.80. The second kappa shape index (κ2) is 11.0. The smallest absolute Gasteiger partial charge is 0.251 e. The van der Waals surface area contributed by atoms with Gasteiger partial charge >= 0.3 is 0 Å². The highest BCUT2D eigenvalue weighted by atomic mass is 35.5. The fourth-order valence-electron chi connectivity index (χ4n) is 3.11. The molecule has 1 heterocycles. The van der Waals surface area contributed by atoms with Gasteiger partial charge in [-0.3, -0.25) is 4.79 Å². The lowest BCUT2D eigenvalue weighted by atomic mass is 9.96. The Kier molecular flexibility index (Phi) is 8.99. The molecule has 2 N–H and O–H groups in total. The maximum absolute atomic E-state index is 12.3. The van der Waals surface area contributed by atoms with E-state index >= 15 is 0 Å². The molecule has 0 spiro atoms. The Morgan fingerprint density at radius 3 is 2.56 bits per heavy atom. The van der Waals surface area contributed by atoms with E-state index in [0.29, 0.717) is 19.6 Å². The van der Waals surface area contributed by atoms with Gasteiger partial charge in [0, 0.05) is 27.1 Å². The number of benzene rings is 1. The molecule has 0 aromatic heterocycles. The number of hydrogen-bond donors (Lipinski definition) is 2. The number of carbonyl (C=O) groups is 1. The molecule has 27 heavy (non-hydrogen) atoms. The molecule has 1 fully saturated rings. The Morgan fingerprint density at radius 2 is 1.89 bits per heavy atom. The van der Waals surface area contributed by atoms with Crippen LogP contribution in [0.5, 0.6) is 0 Å². The topological polar surface area (TPSA) is 79.2 Å². The van der Waals surface area contributed by atoms with Gasteiger partial charge in [-0.25, -0.2) is 0 Å². The molecule has 0 unspecified atom stereocenters. The van der Waals surface area contributed by atoms with E-state index in [0.717, 1.165) is 12.0 Å². The molecular formula is C20H30ClNO5. The number of carbonyl (C=O) groups excluding carboxylic acids is 1. The highest BCUT2D eigenvalue weighted by Crippen LogP contribution is 2.26. The Hall–Kier alpha value is -1.18. The van der Waals surface area contributed by atoms with Crippen LogP contribution in [0.2, 0.25) is 0 Å². The van der Waals surface area contributed by atoms with E-state index < -0.39 is 23.7 Å². The summed E-state index contributed by atoms with van der Waals surface area (Å²) in [4.78, 5) is 13.8. The van der Waals surface area contributed by atoms with Crippen LogP contribution in [0.25, 0.3) is 0 Å². The molecule has 0 saturated carbocycles. The van der Waals surface area contributed by atoms with Gasteiger partial charge in [0.15, 0.2) is 0 Å². The molecule has 152 valence electrons. The molecule has 0 bridgehead atoms. The summed E-state index contributed by atoms with van der Waals surface area (Å²) in [7, 11) is 3.27. The van der Waals surface area contributed by atoms with Crippen LogP contribution in [-0.4, -0.2) is 71.5 Å². The van der Waals surface area contributed by atoms with Gasteiger partial charge in [-0.05, 0) is 24.8 Å². The van der Waals surface area contributed by atoms with Crippen LogP contribution in [0, 0.1) is 0 Å². The van der Waals surface area contributed by atoms with Crippen LogP contribution in [0.1, 0.15) is 31.2 Å². The number of halogens is 1. The first-order chi connectivity index (χ1) is 12.9. The summed E-state index contributed by atoms with van der Waals surface area (Å²) in [6.07, 6.45) is -1.58. The molecule has 1 aromatic rings. The van der Waals surface area contributed by atoms with Gasteiger partial charge < -0.3 is 24.6 Å². The number of amides is 1. The molecule has 0 aliphatic carbocycles. The van der Waals surface area contributed by atoms with Gasteiger partial charge in [-0.2, -0.15) is 0 Å². The number of alkyl halides is 1. The van der Waals surface area contributed by atoms with E-state index in [9.17, 15) is 15.0 Å². The fourth-order valence-corrected chi connectivity index (χ4v) is 3.48. The van der Waals surface area contributed by atoms with Crippen LogP contribution in [0.15, 0.2) is 30.3 Å². The summed E-state index contributed by atoms with van der Waals surface area (Å²) in [6, 6.07) is 9.93. The van der Waals surface area contributed by atoms with Gasteiger partial charge in [0.2, 0.25) is 0 Å². The minimum Gasteiger partial charge on any atom is -0.390 e. The monoisotopic (exact) mass is 399 g/mol. The van der Waals surface area contributed by atoms with Crippen molar-refractivity contribution in [2.45, 2.75) is 62.1 Å². The lowest BCUT2D eigenvalue weighted by Gasteiger charge is -2.35. The highest BCUT2D eigenvalue weighted by Gasteiger charge is 2.36. The summed E-state index contributed by atoms with van der Waals surface area (Å²) >= 11 is 6.42. The van der Waals surface area contributed by atoms with Crippen molar-refractivity contribution < 1.29 is 24.5 Å². The van der Waals surface area contributed by atoms with Crippen molar-refractivity contribution in [3.05, 3.63) is 35.9 Å². The average molecular weight is 400 g/mol. The molecule has 5 atom stereocenters. The number of likely N-dealkylation sites (N-methyl/N-ethyl adjacent to an activating group) is 1. The number of rotatable bonds is 7. The van der Waals surface area contributed by atoms with Crippen molar-refractivity contribution in [1.29, 1.82) is 0 Å². The van der Waals surface area contributed by atoms with Crippen LogP contribution >= 0.6 is 11.6 Å². The predicted octanol–water partition coefficient (Wildman–Crippen LogP) is 1.95. The largest absolute Gasteiger partial charge is 0.390 e. The molecule has 1 saturated heterocycles. The van der Waals surface area contributed by atoms with Crippen LogP contribution < -0.4 is 0 Å². The van der Waals surface area contributed by atoms with Crippen LogP contribution in [-0.2, 0) is 20.9 Å². The molecule has 2 rings (SSSR count). The molecule has 1 aliphatic rings. The summed E-state index contributed by atoms with van der Waals surface area (Å²) < 4.78 is 11.7. The minimum atomic E-state index is -1.03. The van der Waals surface area contributed by atoms with Crippen molar-refractivity contribution >= 4 is 17.5 Å². The average Bonchev–Trinajstić information content (AvgIpc) is 2.65. The third kappa shape index (κ3) is 7.05. The molecule has 7 heteroatoms. The van der Waals surface area contributed by atoms with E-state index in [1.54, 1.807) is 14.1 Å². The van der Waals surface area contributed by atoms with Crippen LogP contribution in [0.4, 0.5) is 0 Å². The Bertz CT molecular complexity index is 571. The Balaban J connectivity index is 1.87. The minimum absolute atomic E-state index is 0.0583. The van der Waals surface area contributed by atoms with Crippen molar-refractivity contribution in [3.63, 3.8) is 0 Å². The highest BCUT2D eigenvalue weighted by molar-refractivity contribution is 6.21. The van der Waals surface area contributed by atoms with Gasteiger partial charge in [0.1, 0.15) is 6.10 Å². The molecule has 1 aliphatic heterocycles. The SMILES string of the molecule is CN(C)C(=O)[C@@H]1C[C@H](O)[C@H](O)C[C@@H](Cl)[C@H](CCCOCc2ccccc2)O1. The number of aliphatic hydroxyl groups is 2. The quantitative estimate of drug-likeness (QED) is 0.541. The van der Waals surface area contributed by atoms with Gasteiger partial charge in [0.25, 0.3) is 5.91 Å². The maximum Gasteiger partial charge on any atom is 0.251 e. The standard InChI is InChI=1S/C20H30ClNO5/c1-22(2)20(25)19-12-17(24)16(23)11-15(21)18(27-19)9-6-10-26-13-14-7-4-3-5-8-14/h3-5,7-8,15-19,23-24H,6,9-13H2,1-2H3/t15-,16-,17+,18+,19+/m1/s1. The summed E-state index contributed by atoms with van der Waals surface area (Å²) in [6.45, 7) is 1.10. The van der Waals surface area contributed by atoms with Crippen molar-refractivity contribution in [3.8, 4) is 0 Å². The third-order valence-electron chi connectivity index (χ3n) is 4.71. The summed E-state index contributed by atoms with van der Waals surface area (Å²) in [5.74, 6) is -0.239. The molecule has 1 aromatic carbocycles. The number of nitrogens with zero attached hydrogens (tertiary/aromatic N) is 1. The summed E-state index contributed by atoms with van der Waals surface area (Å²) in [5.41, 5.74) is 1.11. The van der Waals surface area contributed by atoms with Crippen molar-refractivity contribution in [2.75, 3.05) is 20.7 Å². The lowest BCUT2D eigenvalue weighted by molar-refractivity contribution is -0.153. The molecule has 0 radical (unpaired) electrons. The van der Waals surface area contributed by atoms with E-state index in [-0.39, 0.29) is 24.9 Å². The van der Waals surface area contributed by atoms with Crippen LogP contribution in [0.3, 0.4) is 0 Å². The molecule has 6 nitrogen and oxygen atoms in total. The van der Waals surface area contributed by atoms with Crippen molar-refractivity contribution in [2.24, 2.45) is 0 Å². The second-order valence-corrected chi connectivity index (χ2v) is 7.76. The fraction of sp³-hybridized carbons (Fsp3) is 0.650. The number of aliphatic hydroxyl groups excluding tert-OH is 2.